The molecule has 4 amide bonds. The molecular formula is C20H21N3O3. The van der Waals surface area contributed by atoms with Gasteiger partial charge in [-0.05, 0) is 36.6 Å². The minimum absolute atomic E-state index is 0.411. The van der Waals surface area contributed by atoms with Gasteiger partial charge in [0.25, 0.3) is 5.91 Å². The van der Waals surface area contributed by atoms with Crippen LogP contribution in [0.4, 0.5) is 10.5 Å². The van der Waals surface area contributed by atoms with Gasteiger partial charge in [0.2, 0.25) is 5.91 Å². The molecule has 1 aliphatic rings. The van der Waals surface area contributed by atoms with E-state index in [9.17, 15) is 14.4 Å². The Bertz CT molecular complexity index is 818. The quantitative estimate of drug-likeness (QED) is 0.813. The summed E-state index contributed by atoms with van der Waals surface area (Å²) in [6.45, 7) is 3.59. The van der Waals surface area contributed by atoms with E-state index in [1.165, 1.54) is 0 Å². The number of carbonyl (C=O) groups is 3. The van der Waals surface area contributed by atoms with Crippen molar-refractivity contribution in [2.24, 2.45) is 0 Å². The summed E-state index contributed by atoms with van der Waals surface area (Å²) in [6.07, 6.45) is 0.911. The summed E-state index contributed by atoms with van der Waals surface area (Å²) in [5.41, 5.74) is 2.48. The maximum atomic E-state index is 12.7. The Morgan fingerprint density at radius 1 is 1.12 bits per heavy atom. The topological polar surface area (TPSA) is 78.5 Å². The van der Waals surface area contributed by atoms with Gasteiger partial charge in [-0.3, -0.25) is 9.59 Å². The standard InChI is InChI=1S/C20H21N3O3/c1-3-14-9-11-16(12-10-14)21-18(24)13(2)23-19(25)17(22-20(23)26)15-7-5-4-6-8-15/h4-13,17H,3H2,1-2H3,(H,21,24)(H,22,26). The summed E-state index contributed by atoms with van der Waals surface area (Å²) in [5.74, 6) is -0.836. The number of urea groups is 1. The molecular weight excluding hydrogens is 330 g/mol. The molecule has 2 aromatic rings. The largest absolute Gasteiger partial charge is 0.325 e. The van der Waals surface area contributed by atoms with E-state index in [1.54, 1.807) is 31.2 Å². The van der Waals surface area contributed by atoms with E-state index in [-0.39, 0.29) is 0 Å². The first-order valence-electron chi connectivity index (χ1n) is 8.59. The fraction of sp³-hybridized carbons (Fsp3) is 0.250. The zero-order chi connectivity index (χ0) is 18.7. The lowest BCUT2D eigenvalue weighted by Crippen LogP contribution is -2.45. The number of nitrogens with zero attached hydrogens (tertiary/aromatic N) is 1. The zero-order valence-electron chi connectivity index (χ0n) is 14.7. The molecule has 1 heterocycles. The molecule has 1 fully saturated rings. The zero-order valence-corrected chi connectivity index (χ0v) is 14.7. The van der Waals surface area contributed by atoms with Crippen LogP contribution in [0, 0.1) is 0 Å². The molecule has 6 nitrogen and oxygen atoms in total. The van der Waals surface area contributed by atoms with Crippen LogP contribution < -0.4 is 10.6 Å². The van der Waals surface area contributed by atoms with Crippen molar-refractivity contribution in [3.63, 3.8) is 0 Å². The van der Waals surface area contributed by atoms with Crippen molar-refractivity contribution in [3.8, 4) is 0 Å². The van der Waals surface area contributed by atoms with Crippen molar-refractivity contribution in [1.82, 2.24) is 10.2 Å². The summed E-state index contributed by atoms with van der Waals surface area (Å²) in [6, 6.07) is 14.2. The highest BCUT2D eigenvalue weighted by atomic mass is 16.2. The number of anilines is 1. The second-order valence-electron chi connectivity index (χ2n) is 6.22. The lowest BCUT2D eigenvalue weighted by Gasteiger charge is -2.21. The molecule has 134 valence electrons. The number of hydrogen-bond acceptors (Lipinski definition) is 3. The van der Waals surface area contributed by atoms with Gasteiger partial charge < -0.3 is 10.6 Å². The van der Waals surface area contributed by atoms with E-state index in [2.05, 4.69) is 17.6 Å². The molecule has 3 rings (SSSR count). The van der Waals surface area contributed by atoms with Crippen LogP contribution in [0.2, 0.25) is 0 Å². The minimum Gasteiger partial charge on any atom is -0.324 e. The molecule has 0 aliphatic carbocycles. The Hall–Kier alpha value is -3.15. The Morgan fingerprint density at radius 3 is 2.38 bits per heavy atom. The molecule has 0 bridgehead atoms. The van der Waals surface area contributed by atoms with Crippen LogP contribution in [0.15, 0.2) is 54.6 Å². The first kappa shape index (κ1) is 17.7. The predicted octanol–water partition coefficient (Wildman–Crippen LogP) is 2.87. The molecule has 0 spiro atoms. The number of carbonyl (C=O) groups excluding carboxylic acids is 3. The van der Waals surface area contributed by atoms with Crippen molar-refractivity contribution in [3.05, 3.63) is 65.7 Å². The third kappa shape index (κ3) is 3.44. The van der Waals surface area contributed by atoms with Crippen molar-refractivity contribution in [1.29, 1.82) is 0 Å². The van der Waals surface area contributed by atoms with Gasteiger partial charge in [-0.25, -0.2) is 9.69 Å². The molecule has 0 aromatic heterocycles. The first-order valence-corrected chi connectivity index (χ1v) is 8.59. The van der Waals surface area contributed by atoms with Crippen molar-refractivity contribution >= 4 is 23.5 Å². The number of benzene rings is 2. The molecule has 1 saturated heterocycles. The van der Waals surface area contributed by atoms with Gasteiger partial charge >= 0.3 is 6.03 Å². The van der Waals surface area contributed by atoms with Crippen molar-refractivity contribution in [2.75, 3.05) is 5.32 Å². The first-order chi connectivity index (χ1) is 12.5. The van der Waals surface area contributed by atoms with Crippen LogP contribution in [0.5, 0.6) is 0 Å². The second kappa shape index (κ2) is 7.39. The number of aryl methyl sites for hydroxylation is 1. The lowest BCUT2D eigenvalue weighted by molar-refractivity contribution is -0.133. The van der Waals surface area contributed by atoms with Crippen LogP contribution >= 0.6 is 0 Å². The number of amides is 4. The third-order valence-electron chi connectivity index (χ3n) is 4.50. The van der Waals surface area contributed by atoms with E-state index in [0.717, 1.165) is 16.9 Å². The summed E-state index contributed by atoms with van der Waals surface area (Å²) >= 11 is 0. The van der Waals surface area contributed by atoms with E-state index in [0.29, 0.717) is 11.3 Å². The number of nitrogens with one attached hydrogen (secondary N) is 2. The normalized spacial score (nSPS) is 17.8. The minimum atomic E-state index is -0.915. The Balaban J connectivity index is 1.71. The summed E-state index contributed by atoms with van der Waals surface area (Å²) in [4.78, 5) is 38.4. The van der Waals surface area contributed by atoms with Crippen LogP contribution in [-0.2, 0) is 16.0 Å². The number of rotatable bonds is 5. The molecule has 1 aliphatic heterocycles. The summed E-state index contributed by atoms with van der Waals surface area (Å²) in [5, 5.41) is 5.39. The smallest absolute Gasteiger partial charge is 0.324 e. The Labute approximate surface area is 152 Å². The Morgan fingerprint density at radius 2 is 1.77 bits per heavy atom. The van der Waals surface area contributed by atoms with Crippen molar-refractivity contribution < 1.29 is 14.4 Å². The third-order valence-corrected chi connectivity index (χ3v) is 4.50. The maximum Gasteiger partial charge on any atom is 0.325 e. The van der Waals surface area contributed by atoms with E-state index in [1.807, 2.05) is 30.3 Å². The summed E-state index contributed by atoms with van der Waals surface area (Å²) in [7, 11) is 0. The number of hydrogen-bond donors (Lipinski definition) is 2. The highest BCUT2D eigenvalue weighted by Crippen LogP contribution is 2.24. The van der Waals surface area contributed by atoms with E-state index >= 15 is 0 Å². The average molecular weight is 351 g/mol. The monoisotopic (exact) mass is 351 g/mol. The van der Waals surface area contributed by atoms with Gasteiger partial charge in [0.15, 0.2) is 0 Å². The second-order valence-corrected chi connectivity index (χ2v) is 6.22. The predicted molar refractivity (Wildman–Crippen MR) is 98.5 cm³/mol. The van der Waals surface area contributed by atoms with Gasteiger partial charge in [0.05, 0.1) is 0 Å². The maximum absolute atomic E-state index is 12.7. The van der Waals surface area contributed by atoms with Crippen LogP contribution in [-0.4, -0.2) is 28.8 Å². The molecule has 6 heteroatoms. The van der Waals surface area contributed by atoms with Gasteiger partial charge in [0, 0.05) is 5.69 Å². The SMILES string of the molecule is CCc1ccc(NC(=O)C(C)N2C(=O)NC(c3ccccc3)C2=O)cc1. The van der Waals surface area contributed by atoms with Gasteiger partial charge in [0.1, 0.15) is 12.1 Å². The molecule has 26 heavy (non-hydrogen) atoms. The molecule has 0 saturated carbocycles. The van der Waals surface area contributed by atoms with Crippen LogP contribution in [0.3, 0.4) is 0 Å². The van der Waals surface area contributed by atoms with E-state index in [4.69, 9.17) is 0 Å². The molecule has 2 unspecified atom stereocenters. The molecule has 2 N–H and O–H groups in total. The molecule has 0 radical (unpaired) electrons. The van der Waals surface area contributed by atoms with Crippen LogP contribution in [0.25, 0.3) is 0 Å². The van der Waals surface area contributed by atoms with Gasteiger partial charge in [-0.1, -0.05) is 49.4 Å². The molecule has 2 atom stereocenters. The van der Waals surface area contributed by atoms with Gasteiger partial charge in [-0.2, -0.15) is 0 Å². The highest BCUT2D eigenvalue weighted by molar-refractivity contribution is 6.09. The fourth-order valence-electron chi connectivity index (χ4n) is 2.92. The van der Waals surface area contributed by atoms with Crippen molar-refractivity contribution in [2.45, 2.75) is 32.4 Å². The number of imide groups is 1. The van der Waals surface area contributed by atoms with Gasteiger partial charge in [-0.15, -0.1) is 0 Å². The summed E-state index contributed by atoms with van der Waals surface area (Å²) < 4.78 is 0. The lowest BCUT2D eigenvalue weighted by atomic mass is 10.1. The Kier molecular flexibility index (Phi) is 5.02. The highest BCUT2D eigenvalue weighted by Gasteiger charge is 2.43. The van der Waals surface area contributed by atoms with Crippen LogP contribution in [0.1, 0.15) is 31.0 Å². The average Bonchev–Trinajstić information content (AvgIpc) is 2.96. The van der Waals surface area contributed by atoms with E-state index < -0.39 is 29.9 Å². The fourth-order valence-corrected chi connectivity index (χ4v) is 2.92. The molecule has 2 aromatic carbocycles.